The molecule has 2 aliphatic heterocycles. The van der Waals surface area contributed by atoms with Crippen LogP contribution in [0.3, 0.4) is 0 Å². The van der Waals surface area contributed by atoms with E-state index in [0.29, 0.717) is 31.7 Å². The molecule has 2 fully saturated rings. The summed E-state index contributed by atoms with van der Waals surface area (Å²) in [5.74, 6) is 0.0493. The summed E-state index contributed by atoms with van der Waals surface area (Å²) >= 11 is 0. The Morgan fingerprint density at radius 1 is 1.23 bits per heavy atom. The smallest absolute Gasteiger partial charge is 0.253 e. The number of hydrogen-bond donors (Lipinski definition) is 2. The maximum absolute atomic E-state index is 12.8. The average Bonchev–Trinajstić information content (AvgIpc) is 2.66. The highest BCUT2D eigenvalue weighted by atomic mass is 16.2. The molecule has 7 heteroatoms. The Balaban J connectivity index is 1.61. The maximum Gasteiger partial charge on any atom is 0.253 e. The first-order chi connectivity index (χ1) is 12.5. The van der Waals surface area contributed by atoms with Crippen LogP contribution < -0.4 is 10.6 Å². The summed E-state index contributed by atoms with van der Waals surface area (Å²) in [6.45, 7) is 5.17. The highest BCUT2D eigenvalue weighted by molar-refractivity contribution is 5.94. The minimum atomic E-state index is -0.0769. The molecule has 2 heterocycles. The van der Waals surface area contributed by atoms with Crippen molar-refractivity contribution in [1.82, 2.24) is 20.4 Å². The first kappa shape index (κ1) is 18.4. The third kappa shape index (κ3) is 4.40. The summed E-state index contributed by atoms with van der Waals surface area (Å²) in [6, 6.07) is 7.45. The van der Waals surface area contributed by atoms with Crippen molar-refractivity contribution < 1.29 is 14.4 Å². The SMILES string of the molecule is CC(=O)NCc1ccc(C(=O)N2CCCC(N3CCNCC3=O)C2)cc1. The van der Waals surface area contributed by atoms with E-state index in [2.05, 4.69) is 10.6 Å². The molecule has 1 aromatic carbocycles. The van der Waals surface area contributed by atoms with Gasteiger partial charge in [0.1, 0.15) is 0 Å². The van der Waals surface area contributed by atoms with E-state index >= 15 is 0 Å². The van der Waals surface area contributed by atoms with Crippen LogP contribution in [0.4, 0.5) is 0 Å². The van der Waals surface area contributed by atoms with E-state index in [0.717, 1.165) is 31.5 Å². The van der Waals surface area contributed by atoms with Crippen LogP contribution in [-0.2, 0) is 16.1 Å². The first-order valence-electron chi connectivity index (χ1n) is 9.17. The number of amides is 3. The molecule has 140 valence electrons. The van der Waals surface area contributed by atoms with Gasteiger partial charge in [-0.05, 0) is 30.5 Å². The van der Waals surface area contributed by atoms with Crippen molar-refractivity contribution >= 4 is 17.7 Å². The second-order valence-corrected chi connectivity index (χ2v) is 6.92. The Morgan fingerprint density at radius 3 is 2.69 bits per heavy atom. The molecule has 1 aromatic rings. The predicted molar refractivity (Wildman–Crippen MR) is 97.5 cm³/mol. The molecule has 0 aromatic heterocycles. The molecule has 0 spiro atoms. The number of benzene rings is 1. The van der Waals surface area contributed by atoms with E-state index in [9.17, 15) is 14.4 Å². The number of carbonyl (C=O) groups is 3. The van der Waals surface area contributed by atoms with Crippen LogP contribution in [0, 0.1) is 0 Å². The number of nitrogens with one attached hydrogen (secondary N) is 2. The summed E-state index contributed by atoms with van der Waals surface area (Å²) < 4.78 is 0. The highest BCUT2D eigenvalue weighted by Crippen LogP contribution is 2.19. The van der Waals surface area contributed by atoms with Gasteiger partial charge in [0.05, 0.1) is 6.54 Å². The van der Waals surface area contributed by atoms with E-state index in [1.807, 2.05) is 21.9 Å². The van der Waals surface area contributed by atoms with Gasteiger partial charge in [-0.3, -0.25) is 14.4 Å². The number of hydrogen-bond acceptors (Lipinski definition) is 4. The van der Waals surface area contributed by atoms with Crippen LogP contribution in [-0.4, -0.2) is 66.3 Å². The minimum Gasteiger partial charge on any atom is -0.352 e. The van der Waals surface area contributed by atoms with Crippen LogP contribution >= 0.6 is 0 Å². The average molecular weight is 358 g/mol. The molecule has 3 amide bonds. The van der Waals surface area contributed by atoms with Crippen LogP contribution in [0.15, 0.2) is 24.3 Å². The molecule has 0 saturated carbocycles. The van der Waals surface area contributed by atoms with Gasteiger partial charge in [-0.2, -0.15) is 0 Å². The molecule has 0 aliphatic carbocycles. The largest absolute Gasteiger partial charge is 0.352 e. The Labute approximate surface area is 153 Å². The van der Waals surface area contributed by atoms with Crippen LogP contribution in [0.5, 0.6) is 0 Å². The molecule has 2 N–H and O–H groups in total. The lowest BCUT2D eigenvalue weighted by Crippen LogP contribution is -2.57. The Bertz CT molecular complexity index is 674. The van der Waals surface area contributed by atoms with E-state index < -0.39 is 0 Å². The lowest BCUT2D eigenvalue weighted by molar-refractivity contribution is -0.135. The standard InChI is InChI=1S/C19H26N4O3/c1-14(24)21-11-15-4-6-16(7-5-15)19(26)22-9-2-3-17(13-22)23-10-8-20-12-18(23)25/h4-7,17,20H,2-3,8-13H2,1H3,(H,21,24). The van der Waals surface area contributed by atoms with Crippen molar-refractivity contribution in [2.45, 2.75) is 32.4 Å². The number of nitrogens with zero attached hydrogens (tertiary/aromatic N) is 2. The Morgan fingerprint density at radius 2 is 2.00 bits per heavy atom. The normalized spacial score (nSPS) is 20.8. The molecule has 1 unspecified atom stereocenters. The van der Waals surface area contributed by atoms with Gasteiger partial charge >= 0.3 is 0 Å². The summed E-state index contributed by atoms with van der Waals surface area (Å²) in [5, 5.41) is 5.83. The van der Waals surface area contributed by atoms with Crippen molar-refractivity contribution in [2.24, 2.45) is 0 Å². The fourth-order valence-corrected chi connectivity index (χ4v) is 3.58. The lowest BCUT2D eigenvalue weighted by atomic mass is 10.0. The van der Waals surface area contributed by atoms with Gasteiger partial charge in [0.2, 0.25) is 11.8 Å². The maximum atomic E-state index is 12.8. The highest BCUT2D eigenvalue weighted by Gasteiger charge is 2.31. The van der Waals surface area contributed by atoms with Crippen LogP contribution in [0.1, 0.15) is 35.7 Å². The number of likely N-dealkylation sites (tertiary alicyclic amines) is 1. The van der Waals surface area contributed by atoms with Crippen molar-refractivity contribution in [1.29, 1.82) is 0 Å². The molecule has 26 heavy (non-hydrogen) atoms. The number of piperidine rings is 1. The third-order valence-corrected chi connectivity index (χ3v) is 4.99. The van der Waals surface area contributed by atoms with Gasteiger partial charge in [0.15, 0.2) is 0 Å². The number of rotatable bonds is 4. The molecule has 7 nitrogen and oxygen atoms in total. The van der Waals surface area contributed by atoms with Crippen LogP contribution in [0.25, 0.3) is 0 Å². The summed E-state index contributed by atoms with van der Waals surface area (Å²) in [7, 11) is 0. The summed E-state index contributed by atoms with van der Waals surface area (Å²) in [6.07, 6.45) is 1.86. The van der Waals surface area contributed by atoms with Gasteiger partial charge < -0.3 is 20.4 Å². The van der Waals surface area contributed by atoms with E-state index in [1.54, 1.807) is 12.1 Å². The van der Waals surface area contributed by atoms with Gasteiger partial charge in [0, 0.05) is 51.3 Å². The fraction of sp³-hybridized carbons (Fsp3) is 0.526. The van der Waals surface area contributed by atoms with Gasteiger partial charge in [0.25, 0.3) is 5.91 Å². The monoisotopic (exact) mass is 358 g/mol. The van der Waals surface area contributed by atoms with Gasteiger partial charge in [-0.15, -0.1) is 0 Å². The van der Waals surface area contributed by atoms with Gasteiger partial charge in [-0.25, -0.2) is 0 Å². The number of piperazine rings is 1. The molecule has 0 bridgehead atoms. The zero-order valence-electron chi connectivity index (χ0n) is 15.2. The second-order valence-electron chi connectivity index (χ2n) is 6.92. The zero-order valence-corrected chi connectivity index (χ0v) is 15.2. The fourth-order valence-electron chi connectivity index (χ4n) is 3.58. The summed E-state index contributed by atoms with van der Waals surface area (Å²) in [5.41, 5.74) is 1.60. The van der Waals surface area contributed by atoms with Crippen molar-refractivity contribution in [3.8, 4) is 0 Å². The lowest BCUT2D eigenvalue weighted by Gasteiger charge is -2.41. The first-order valence-corrected chi connectivity index (χ1v) is 9.17. The van der Waals surface area contributed by atoms with E-state index in [1.165, 1.54) is 6.92 Å². The molecular weight excluding hydrogens is 332 g/mol. The van der Waals surface area contributed by atoms with Crippen molar-refractivity contribution in [2.75, 3.05) is 32.7 Å². The van der Waals surface area contributed by atoms with E-state index in [4.69, 9.17) is 0 Å². The third-order valence-electron chi connectivity index (χ3n) is 4.99. The summed E-state index contributed by atoms with van der Waals surface area (Å²) in [4.78, 5) is 39.7. The van der Waals surface area contributed by atoms with Crippen molar-refractivity contribution in [3.63, 3.8) is 0 Å². The van der Waals surface area contributed by atoms with Crippen LogP contribution in [0.2, 0.25) is 0 Å². The molecule has 2 saturated heterocycles. The minimum absolute atomic E-state index is 0.00311. The molecule has 3 rings (SSSR count). The van der Waals surface area contributed by atoms with E-state index in [-0.39, 0.29) is 23.8 Å². The quantitative estimate of drug-likeness (QED) is 0.814. The Hall–Kier alpha value is -2.41. The number of carbonyl (C=O) groups excluding carboxylic acids is 3. The van der Waals surface area contributed by atoms with Crippen molar-refractivity contribution in [3.05, 3.63) is 35.4 Å². The molecule has 2 aliphatic rings. The van der Waals surface area contributed by atoms with Gasteiger partial charge in [-0.1, -0.05) is 12.1 Å². The predicted octanol–water partition coefficient (Wildman–Crippen LogP) is 0.359. The topological polar surface area (TPSA) is 81.8 Å². The molecule has 1 atom stereocenters. The Kier molecular flexibility index (Phi) is 5.88. The second kappa shape index (κ2) is 8.31. The molecule has 0 radical (unpaired) electrons. The molecular formula is C19H26N4O3. The zero-order chi connectivity index (χ0) is 18.5.